The zero-order valence-corrected chi connectivity index (χ0v) is 16.9. The molecule has 0 saturated carbocycles. The van der Waals surface area contributed by atoms with Crippen molar-refractivity contribution in [2.75, 3.05) is 38.2 Å². The predicted molar refractivity (Wildman–Crippen MR) is 107 cm³/mol. The Balaban J connectivity index is 1.93. The molecule has 1 amide bonds. The van der Waals surface area contributed by atoms with Crippen molar-refractivity contribution in [3.63, 3.8) is 0 Å². The number of nitrogens with one attached hydrogen (secondary N) is 1. The van der Waals surface area contributed by atoms with Gasteiger partial charge in [-0.05, 0) is 37.3 Å². The second kappa shape index (κ2) is 8.91. The van der Waals surface area contributed by atoms with E-state index in [-0.39, 0.29) is 29.2 Å². The van der Waals surface area contributed by atoms with Crippen LogP contribution in [0.3, 0.4) is 0 Å². The topological polar surface area (TPSA) is 84.9 Å². The second-order valence-electron chi connectivity index (χ2n) is 6.04. The molecule has 1 N–H and O–H groups in total. The maximum atomic E-state index is 12.9. The third-order valence-corrected chi connectivity index (χ3v) is 6.45. The average Bonchev–Trinajstić information content (AvgIpc) is 2.70. The van der Waals surface area contributed by atoms with Gasteiger partial charge in [-0.25, -0.2) is 8.42 Å². The Morgan fingerprint density at radius 2 is 1.93 bits per heavy atom. The number of carbonyl (C=O) groups excluding carboxylic acids is 1. The number of morpholine rings is 1. The molecule has 28 heavy (non-hydrogen) atoms. The number of rotatable bonds is 6. The number of carbonyl (C=O) groups is 1. The smallest absolute Gasteiger partial charge is 0.257 e. The van der Waals surface area contributed by atoms with Crippen molar-refractivity contribution in [1.29, 1.82) is 0 Å². The van der Waals surface area contributed by atoms with Crippen LogP contribution in [0.1, 0.15) is 17.3 Å². The van der Waals surface area contributed by atoms with E-state index in [4.69, 9.17) is 21.1 Å². The van der Waals surface area contributed by atoms with Gasteiger partial charge in [-0.15, -0.1) is 0 Å². The molecular formula is C19H21ClN2O5S. The number of halogens is 1. The Kier molecular flexibility index (Phi) is 6.56. The van der Waals surface area contributed by atoms with Crippen LogP contribution < -0.4 is 10.1 Å². The van der Waals surface area contributed by atoms with Crippen molar-refractivity contribution >= 4 is 33.2 Å². The largest absolute Gasteiger partial charge is 0.492 e. The first kappa shape index (κ1) is 20.6. The summed E-state index contributed by atoms with van der Waals surface area (Å²) in [5.74, 6) is -0.0729. The fourth-order valence-corrected chi connectivity index (χ4v) is 4.48. The summed E-state index contributed by atoms with van der Waals surface area (Å²) in [7, 11) is -3.70. The van der Waals surface area contributed by atoms with Crippen LogP contribution in [0, 0.1) is 0 Å². The van der Waals surface area contributed by atoms with Crippen LogP contribution in [-0.2, 0) is 14.8 Å². The number of anilines is 1. The number of ether oxygens (including phenoxy) is 2. The summed E-state index contributed by atoms with van der Waals surface area (Å²) in [5, 5.41) is 3.01. The highest BCUT2D eigenvalue weighted by atomic mass is 35.5. The molecule has 1 saturated heterocycles. The van der Waals surface area contributed by atoms with Crippen molar-refractivity contribution in [2.45, 2.75) is 11.8 Å². The lowest BCUT2D eigenvalue weighted by atomic mass is 10.2. The third kappa shape index (κ3) is 4.47. The highest BCUT2D eigenvalue weighted by Gasteiger charge is 2.27. The SMILES string of the molecule is CCOc1ccc(S(=O)(=O)N2CCOCC2)cc1NC(=O)c1ccccc1Cl. The molecule has 9 heteroatoms. The molecule has 0 aliphatic carbocycles. The lowest BCUT2D eigenvalue weighted by Crippen LogP contribution is -2.40. The first-order valence-corrected chi connectivity index (χ1v) is 10.7. The van der Waals surface area contributed by atoms with E-state index in [9.17, 15) is 13.2 Å². The van der Waals surface area contributed by atoms with Gasteiger partial charge in [0.05, 0.1) is 41.0 Å². The van der Waals surface area contributed by atoms with Crippen molar-refractivity contribution in [3.8, 4) is 5.75 Å². The van der Waals surface area contributed by atoms with Crippen LogP contribution in [0.15, 0.2) is 47.4 Å². The van der Waals surface area contributed by atoms with Crippen molar-refractivity contribution < 1.29 is 22.7 Å². The summed E-state index contributed by atoms with van der Waals surface area (Å²) in [5.41, 5.74) is 0.550. The number of hydrogen-bond acceptors (Lipinski definition) is 5. The summed E-state index contributed by atoms with van der Waals surface area (Å²) in [6, 6.07) is 11.0. The highest BCUT2D eigenvalue weighted by Crippen LogP contribution is 2.30. The van der Waals surface area contributed by atoms with Gasteiger partial charge in [0.15, 0.2) is 0 Å². The van der Waals surface area contributed by atoms with E-state index >= 15 is 0 Å². The number of benzene rings is 2. The second-order valence-corrected chi connectivity index (χ2v) is 8.39. The summed E-state index contributed by atoms with van der Waals surface area (Å²) in [4.78, 5) is 12.7. The van der Waals surface area contributed by atoms with Gasteiger partial charge in [-0.1, -0.05) is 23.7 Å². The van der Waals surface area contributed by atoms with Gasteiger partial charge < -0.3 is 14.8 Å². The molecule has 0 radical (unpaired) electrons. The molecule has 1 heterocycles. The first-order chi connectivity index (χ1) is 13.4. The summed E-state index contributed by atoms with van der Waals surface area (Å²) in [6.45, 7) is 3.45. The Bertz CT molecular complexity index is 959. The summed E-state index contributed by atoms with van der Waals surface area (Å²) >= 11 is 6.09. The molecule has 0 aromatic heterocycles. The molecule has 150 valence electrons. The monoisotopic (exact) mass is 424 g/mol. The molecule has 0 atom stereocenters. The van der Waals surface area contributed by atoms with Crippen molar-refractivity contribution in [1.82, 2.24) is 4.31 Å². The third-order valence-electron chi connectivity index (χ3n) is 4.23. The maximum Gasteiger partial charge on any atom is 0.257 e. The van der Waals surface area contributed by atoms with Crippen LogP contribution in [0.2, 0.25) is 5.02 Å². The highest BCUT2D eigenvalue weighted by molar-refractivity contribution is 7.89. The minimum absolute atomic E-state index is 0.0762. The lowest BCUT2D eigenvalue weighted by Gasteiger charge is -2.26. The first-order valence-electron chi connectivity index (χ1n) is 8.84. The quantitative estimate of drug-likeness (QED) is 0.770. The van der Waals surface area contributed by atoms with E-state index in [0.717, 1.165) is 0 Å². The van der Waals surface area contributed by atoms with Crippen LogP contribution in [-0.4, -0.2) is 51.5 Å². The van der Waals surface area contributed by atoms with E-state index in [2.05, 4.69) is 5.32 Å². The van der Waals surface area contributed by atoms with Gasteiger partial charge in [0, 0.05) is 13.1 Å². The van der Waals surface area contributed by atoms with Crippen LogP contribution >= 0.6 is 11.6 Å². The van der Waals surface area contributed by atoms with E-state index in [0.29, 0.717) is 30.6 Å². The average molecular weight is 425 g/mol. The fraction of sp³-hybridized carbons (Fsp3) is 0.316. The maximum absolute atomic E-state index is 12.9. The molecule has 7 nitrogen and oxygen atoms in total. The van der Waals surface area contributed by atoms with Gasteiger partial charge >= 0.3 is 0 Å². The van der Waals surface area contributed by atoms with Crippen LogP contribution in [0.5, 0.6) is 5.75 Å². The predicted octanol–water partition coefficient (Wildman–Crippen LogP) is 3.01. The Labute approximate surface area is 169 Å². The summed E-state index contributed by atoms with van der Waals surface area (Å²) in [6.07, 6.45) is 0. The van der Waals surface area contributed by atoms with E-state index in [1.165, 1.54) is 16.4 Å². The summed E-state index contributed by atoms with van der Waals surface area (Å²) < 4.78 is 38.0. The molecule has 3 rings (SSSR count). The number of nitrogens with zero attached hydrogens (tertiary/aromatic N) is 1. The van der Waals surface area contributed by atoms with Crippen molar-refractivity contribution in [2.24, 2.45) is 0 Å². The molecule has 1 aliphatic heterocycles. The normalized spacial score (nSPS) is 15.2. The fourth-order valence-electron chi connectivity index (χ4n) is 2.82. The zero-order valence-electron chi connectivity index (χ0n) is 15.4. The molecule has 0 bridgehead atoms. The Morgan fingerprint density at radius 3 is 2.61 bits per heavy atom. The van der Waals surface area contributed by atoms with E-state index in [1.807, 2.05) is 0 Å². The molecule has 2 aromatic carbocycles. The van der Waals surface area contributed by atoms with Gasteiger partial charge in [0.2, 0.25) is 10.0 Å². The van der Waals surface area contributed by atoms with Gasteiger partial charge in [0.25, 0.3) is 5.91 Å². The molecule has 0 spiro atoms. The number of amides is 1. The van der Waals surface area contributed by atoms with E-state index in [1.54, 1.807) is 37.3 Å². The minimum atomic E-state index is -3.70. The minimum Gasteiger partial charge on any atom is -0.492 e. The van der Waals surface area contributed by atoms with Gasteiger partial charge in [0.1, 0.15) is 5.75 Å². The van der Waals surface area contributed by atoms with Crippen LogP contribution in [0.25, 0.3) is 0 Å². The van der Waals surface area contributed by atoms with Crippen molar-refractivity contribution in [3.05, 3.63) is 53.1 Å². The van der Waals surface area contributed by atoms with Gasteiger partial charge in [-0.3, -0.25) is 4.79 Å². The van der Waals surface area contributed by atoms with Crippen LogP contribution in [0.4, 0.5) is 5.69 Å². The van der Waals surface area contributed by atoms with E-state index < -0.39 is 15.9 Å². The lowest BCUT2D eigenvalue weighted by molar-refractivity contribution is 0.0730. The Hall–Kier alpha value is -2.13. The Morgan fingerprint density at radius 1 is 1.21 bits per heavy atom. The molecular weight excluding hydrogens is 404 g/mol. The molecule has 0 unspecified atom stereocenters. The molecule has 1 aliphatic rings. The molecule has 2 aromatic rings. The zero-order chi connectivity index (χ0) is 20.1. The number of hydrogen-bond donors (Lipinski definition) is 1. The van der Waals surface area contributed by atoms with Gasteiger partial charge in [-0.2, -0.15) is 4.31 Å². The number of sulfonamides is 1. The molecule has 1 fully saturated rings. The standard InChI is InChI=1S/C19H21ClN2O5S/c1-2-27-18-8-7-14(28(24,25)22-9-11-26-12-10-22)13-17(18)21-19(23)15-5-3-4-6-16(15)20/h3-8,13H,2,9-12H2,1H3,(H,21,23).